The fraction of sp³-hybridized carbons (Fsp3) is 0.955. The number of rotatable bonds is 3. The first-order chi connectivity index (χ1) is 12.5. The predicted molar refractivity (Wildman–Crippen MR) is 108 cm³/mol. The molecule has 4 heteroatoms. The van der Waals surface area contributed by atoms with Crippen molar-refractivity contribution in [1.29, 1.82) is 0 Å². The van der Waals surface area contributed by atoms with Crippen LogP contribution in [-0.4, -0.2) is 66.0 Å². The normalized spacial score (nSPS) is 29.6. The zero-order valence-electron chi connectivity index (χ0n) is 17.6. The van der Waals surface area contributed by atoms with Gasteiger partial charge in [0.2, 0.25) is 0 Å². The molecule has 1 saturated carbocycles. The minimum absolute atomic E-state index is 0.301. The molecular formula is C22H41N3O. The maximum atomic E-state index is 12.9. The highest BCUT2D eigenvalue weighted by Crippen LogP contribution is 2.32. The number of hydrogen-bond acceptors (Lipinski definition) is 2. The summed E-state index contributed by atoms with van der Waals surface area (Å²) in [4.78, 5) is 19.8. The monoisotopic (exact) mass is 363 g/mol. The Morgan fingerprint density at radius 3 is 1.62 bits per heavy atom. The molecule has 3 fully saturated rings. The van der Waals surface area contributed by atoms with Crippen molar-refractivity contribution in [3.05, 3.63) is 0 Å². The van der Waals surface area contributed by atoms with Gasteiger partial charge in [-0.05, 0) is 62.2 Å². The van der Waals surface area contributed by atoms with E-state index >= 15 is 0 Å². The molecule has 2 aliphatic heterocycles. The van der Waals surface area contributed by atoms with Crippen LogP contribution in [0.3, 0.4) is 0 Å². The topological polar surface area (TPSA) is 26.8 Å². The lowest BCUT2D eigenvalue weighted by molar-refractivity contribution is 0.0615. The number of likely N-dealkylation sites (tertiary alicyclic amines) is 1. The third-order valence-electron chi connectivity index (χ3n) is 7.54. The average molecular weight is 364 g/mol. The molecule has 26 heavy (non-hydrogen) atoms. The highest BCUT2D eigenvalue weighted by Gasteiger charge is 2.32. The molecule has 3 rings (SSSR count). The molecule has 1 aliphatic carbocycles. The lowest BCUT2D eigenvalue weighted by Gasteiger charge is -2.44. The molecule has 0 aromatic rings. The van der Waals surface area contributed by atoms with Gasteiger partial charge in [-0.25, -0.2) is 4.79 Å². The summed E-state index contributed by atoms with van der Waals surface area (Å²) in [7, 11) is 0. The van der Waals surface area contributed by atoms with Crippen LogP contribution in [-0.2, 0) is 0 Å². The molecule has 3 aliphatic rings. The summed E-state index contributed by atoms with van der Waals surface area (Å²) in [6.07, 6.45) is 7.88. The van der Waals surface area contributed by atoms with Crippen molar-refractivity contribution in [2.24, 2.45) is 23.7 Å². The second-order valence-corrected chi connectivity index (χ2v) is 9.69. The number of piperazine rings is 1. The number of amides is 2. The molecule has 0 atom stereocenters. The van der Waals surface area contributed by atoms with Gasteiger partial charge in [-0.3, -0.25) is 4.90 Å². The second kappa shape index (κ2) is 8.95. The highest BCUT2D eigenvalue weighted by atomic mass is 16.2. The quantitative estimate of drug-likeness (QED) is 0.747. The van der Waals surface area contributed by atoms with Crippen LogP contribution in [0.15, 0.2) is 0 Å². The molecule has 0 N–H and O–H groups in total. The van der Waals surface area contributed by atoms with Gasteiger partial charge in [0.15, 0.2) is 0 Å². The fourth-order valence-corrected chi connectivity index (χ4v) is 5.37. The first-order valence-electron chi connectivity index (χ1n) is 11.2. The van der Waals surface area contributed by atoms with Gasteiger partial charge in [0, 0.05) is 45.3 Å². The Bertz CT molecular complexity index is 440. The SMILES string of the molecule is CC(C)C1CCC(N2CCN(C(=O)N3CCC(C(C)C)CC3)CC2)CC1. The van der Waals surface area contributed by atoms with Gasteiger partial charge in [-0.15, -0.1) is 0 Å². The van der Waals surface area contributed by atoms with E-state index in [-0.39, 0.29) is 0 Å². The molecule has 2 amide bonds. The summed E-state index contributed by atoms with van der Waals surface area (Å²) in [5, 5.41) is 0. The summed E-state index contributed by atoms with van der Waals surface area (Å²) in [6, 6.07) is 1.07. The number of carbonyl (C=O) groups is 1. The summed E-state index contributed by atoms with van der Waals surface area (Å²) in [5.74, 6) is 3.33. The van der Waals surface area contributed by atoms with Crippen molar-refractivity contribution in [2.75, 3.05) is 39.3 Å². The zero-order chi connectivity index (χ0) is 18.7. The standard InChI is InChI=1S/C22H41N3O/c1-17(2)19-5-7-21(8-6-19)23-13-15-25(16-14-23)22(26)24-11-9-20(10-12-24)18(3)4/h17-21H,5-16H2,1-4H3. The average Bonchev–Trinajstić information content (AvgIpc) is 2.67. The summed E-state index contributed by atoms with van der Waals surface area (Å²) in [6.45, 7) is 15.3. The van der Waals surface area contributed by atoms with Crippen molar-refractivity contribution in [3.63, 3.8) is 0 Å². The second-order valence-electron chi connectivity index (χ2n) is 9.69. The van der Waals surface area contributed by atoms with E-state index in [1.165, 1.54) is 38.5 Å². The Hall–Kier alpha value is -0.770. The van der Waals surface area contributed by atoms with Gasteiger partial charge < -0.3 is 9.80 Å². The van der Waals surface area contributed by atoms with Gasteiger partial charge in [-0.1, -0.05) is 27.7 Å². The number of carbonyl (C=O) groups excluding carboxylic acids is 1. The highest BCUT2D eigenvalue weighted by molar-refractivity contribution is 5.74. The molecule has 0 aromatic heterocycles. The number of hydrogen-bond donors (Lipinski definition) is 0. The van der Waals surface area contributed by atoms with Crippen LogP contribution in [0.1, 0.15) is 66.2 Å². The van der Waals surface area contributed by atoms with Gasteiger partial charge >= 0.3 is 6.03 Å². The van der Waals surface area contributed by atoms with E-state index < -0.39 is 0 Å². The molecule has 0 bridgehead atoms. The van der Waals surface area contributed by atoms with Crippen LogP contribution in [0.5, 0.6) is 0 Å². The zero-order valence-corrected chi connectivity index (χ0v) is 17.6. The van der Waals surface area contributed by atoms with Crippen LogP contribution in [0.2, 0.25) is 0 Å². The van der Waals surface area contributed by atoms with Crippen LogP contribution in [0, 0.1) is 23.7 Å². The smallest absolute Gasteiger partial charge is 0.320 e. The van der Waals surface area contributed by atoms with Crippen LogP contribution in [0.25, 0.3) is 0 Å². The van der Waals surface area contributed by atoms with Crippen molar-refractivity contribution >= 4 is 6.03 Å². The number of piperidine rings is 1. The third-order valence-corrected chi connectivity index (χ3v) is 7.54. The van der Waals surface area contributed by atoms with E-state index in [9.17, 15) is 4.79 Å². The van der Waals surface area contributed by atoms with Crippen LogP contribution < -0.4 is 0 Å². The molecule has 2 heterocycles. The summed E-state index contributed by atoms with van der Waals surface area (Å²) in [5.41, 5.74) is 0. The van der Waals surface area contributed by atoms with Crippen LogP contribution in [0.4, 0.5) is 4.79 Å². The van der Waals surface area contributed by atoms with Crippen molar-refractivity contribution in [3.8, 4) is 0 Å². The van der Waals surface area contributed by atoms with Crippen molar-refractivity contribution < 1.29 is 4.79 Å². The lowest BCUT2D eigenvalue weighted by Crippen LogP contribution is -2.56. The van der Waals surface area contributed by atoms with E-state index in [1.54, 1.807) is 0 Å². The van der Waals surface area contributed by atoms with Gasteiger partial charge in [0.25, 0.3) is 0 Å². The Morgan fingerprint density at radius 2 is 1.12 bits per heavy atom. The predicted octanol–water partition coefficient (Wildman–Crippen LogP) is 4.31. The van der Waals surface area contributed by atoms with E-state index in [4.69, 9.17) is 0 Å². The van der Waals surface area contributed by atoms with E-state index in [1.807, 2.05) is 0 Å². The first kappa shape index (κ1) is 20.0. The molecule has 0 unspecified atom stereocenters. The first-order valence-corrected chi connectivity index (χ1v) is 11.2. The largest absolute Gasteiger partial charge is 0.325 e. The maximum Gasteiger partial charge on any atom is 0.320 e. The van der Waals surface area contributed by atoms with Crippen LogP contribution >= 0.6 is 0 Å². The number of nitrogens with zero attached hydrogens (tertiary/aromatic N) is 3. The van der Waals surface area contributed by atoms with E-state index in [0.717, 1.165) is 69.0 Å². The molecular weight excluding hydrogens is 322 g/mol. The summed E-state index contributed by atoms with van der Waals surface area (Å²) < 4.78 is 0. The molecule has 0 aromatic carbocycles. The molecule has 150 valence electrons. The summed E-state index contributed by atoms with van der Waals surface area (Å²) >= 11 is 0. The molecule has 0 spiro atoms. The van der Waals surface area contributed by atoms with Gasteiger partial charge in [0.1, 0.15) is 0 Å². The van der Waals surface area contributed by atoms with E-state index in [2.05, 4.69) is 42.4 Å². The Morgan fingerprint density at radius 1 is 0.654 bits per heavy atom. The van der Waals surface area contributed by atoms with Gasteiger partial charge in [0.05, 0.1) is 0 Å². The maximum absolute atomic E-state index is 12.9. The minimum atomic E-state index is 0.301. The fourth-order valence-electron chi connectivity index (χ4n) is 5.37. The minimum Gasteiger partial charge on any atom is -0.325 e. The van der Waals surface area contributed by atoms with E-state index in [0.29, 0.717) is 6.03 Å². The number of urea groups is 1. The molecule has 2 saturated heterocycles. The van der Waals surface area contributed by atoms with Crippen molar-refractivity contribution in [1.82, 2.24) is 14.7 Å². The Kier molecular flexibility index (Phi) is 6.87. The van der Waals surface area contributed by atoms with Crippen molar-refractivity contribution in [2.45, 2.75) is 72.3 Å². The Labute approximate surface area is 161 Å². The molecule has 4 nitrogen and oxygen atoms in total. The lowest BCUT2D eigenvalue weighted by atomic mass is 9.79. The molecule has 0 radical (unpaired) electrons. The van der Waals surface area contributed by atoms with Gasteiger partial charge in [-0.2, -0.15) is 0 Å². The Balaban J connectivity index is 1.40. The third kappa shape index (κ3) is 4.74.